The molecule has 0 aromatic heterocycles. The van der Waals surface area contributed by atoms with Gasteiger partial charge in [-0.05, 0) is 65.8 Å². The normalized spacial score (nSPS) is 14.7. The second-order valence-electron chi connectivity index (χ2n) is 7.34. The summed E-state index contributed by atoms with van der Waals surface area (Å²) in [7, 11) is 3.11. The minimum atomic E-state index is -0.567. The molecule has 0 spiro atoms. The van der Waals surface area contributed by atoms with Gasteiger partial charge in [-0.2, -0.15) is 0 Å². The van der Waals surface area contributed by atoms with Crippen molar-refractivity contribution in [2.24, 2.45) is 0 Å². The SMILES string of the molecule is COc1ccc(N2C(=O)/C(=C\c3ccc(OC)c(OCc4ccccc4)c3)C(=O)NC2=S)cc1. The molecule has 1 heterocycles. The topological polar surface area (TPSA) is 77.1 Å². The Kier molecular flexibility index (Phi) is 6.89. The Morgan fingerprint density at radius 2 is 1.65 bits per heavy atom. The number of rotatable bonds is 7. The summed E-state index contributed by atoms with van der Waals surface area (Å²) < 4.78 is 16.5. The van der Waals surface area contributed by atoms with Crippen LogP contribution in [0.3, 0.4) is 0 Å². The summed E-state index contributed by atoms with van der Waals surface area (Å²) in [6, 6.07) is 21.7. The highest BCUT2D eigenvalue weighted by molar-refractivity contribution is 7.80. The van der Waals surface area contributed by atoms with Gasteiger partial charge in [-0.1, -0.05) is 36.4 Å². The summed E-state index contributed by atoms with van der Waals surface area (Å²) in [5, 5.41) is 2.60. The van der Waals surface area contributed by atoms with Crippen molar-refractivity contribution in [2.75, 3.05) is 19.1 Å². The number of hydrogen-bond donors (Lipinski definition) is 1. The quantitative estimate of drug-likeness (QED) is 0.316. The van der Waals surface area contributed by atoms with Gasteiger partial charge in [0.2, 0.25) is 0 Å². The highest BCUT2D eigenvalue weighted by Gasteiger charge is 2.34. The lowest BCUT2D eigenvalue weighted by atomic mass is 10.1. The van der Waals surface area contributed by atoms with E-state index in [1.165, 1.54) is 11.0 Å². The smallest absolute Gasteiger partial charge is 0.270 e. The Morgan fingerprint density at radius 3 is 2.32 bits per heavy atom. The summed E-state index contributed by atoms with van der Waals surface area (Å²) in [6.07, 6.45) is 1.50. The average molecular weight is 475 g/mol. The number of amides is 2. The van der Waals surface area contributed by atoms with E-state index in [9.17, 15) is 9.59 Å². The predicted octanol–water partition coefficient (Wildman–Crippen LogP) is 4.11. The molecular weight excluding hydrogens is 452 g/mol. The molecule has 1 aliphatic rings. The molecule has 0 bridgehead atoms. The summed E-state index contributed by atoms with van der Waals surface area (Å²) >= 11 is 5.25. The van der Waals surface area contributed by atoms with E-state index >= 15 is 0 Å². The fourth-order valence-electron chi connectivity index (χ4n) is 3.42. The van der Waals surface area contributed by atoms with Crippen LogP contribution in [0, 0.1) is 0 Å². The monoisotopic (exact) mass is 474 g/mol. The molecule has 0 unspecified atom stereocenters. The van der Waals surface area contributed by atoms with Crippen molar-refractivity contribution in [3.05, 3.63) is 89.5 Å². The fourth-order valence-corrected chi connectivity index (χ4v) is 3.70. The zero-order valence-electron chi connectivity index (χ0n) is 18.6. The van der Waals surface area contributed by atoms with Crippen LogP contribution in [0.5, 0.6) is 17.2 Å². The highest BCUT2D eigenvalue weighted by Crippen LogP contribution is 2.31. The standard InChI is InChI=1S/C26H22N2O5S/c1-31-20-11-9-19(10-12-20)28-25(30)21(24(29)27-26(28)34)14-18-8-13-22(32-2)23(15-18)33-16-17-6-4-3-5-7-17/h3-15H,16H2,1-2H3,(H,27,29,34)/b21-14-. The Hall–Kier alpha value is -4.17. The van der Waals surface area contributed by atoms with Gasteiger partial charge in [-0.25, -0.2) is 0 Å². The minimum Gasteiger partial charge on any atom is -0.497 e. The molecule has 1 N–H and O–H groups in total. The van der Waals surface area contributed by atoms with E-state index in [0.29, 0.717) is 35.1 Å². The maximum absolute atomic E-state index is 13.2. The number of carbonyl (C=O) groups excluding carboxylic acids is 2. The fraction of sp³-hybridized carbons (Fsp3) is 0.115. The molecule has 8 heteroatoms. The second-order valence-corrected chi connectivity index (χ2v) is 7.73. The highest BCUT2D eigenvalue weighted by atomic mass is 32.1. The van der Waals surface area contributed by atoms with E-state index < -0.39 is 11.8 Å². The minimum absolute atomic E-state index is 0.0129. The van der Waals surface area contributed by atoms with Crippen molar-refractivity contribution < 1.29 is 23.8 Å². The van der Waals surface area contributed by atoms with E-state index in [1.54, 1.807) is 56.7 Å². The first kappa shape index (κ1) is 23.0. The van der Waals surface area contributed by atoms with Gasteiger partial charge < -0.3 is 14.2 Å². The predicted molar refractivity (Wildman–Crippen MR) is 133 cm³/mol. The molecule has 7 nitrogen and oxygen atoms in total. The molecule has 0 radical (unpaired) electrons. The van der Waals surface area contributed by atoms with Gasteiger partial charge in [0.1, 0.15) is 17.9 Å². The maximum Gasteiger partial charge on any atom is 0.270 e. The largest absolute Gasteiger partial charge is 0.497 e. The van der Waals surface area contributed by atoms with Crippen molar-refractivity contribution >= 4 is 40.9 Å². The van der Waals surface area contributed by atoms with Crippen LogP contribution in [0.15, 0.2) is 78.4 Å². The van der Waals surface area contributed by atoms with Crippen molar-refractivity contribution in [1.29, 1.82) is 0 Å². The molecule has 1 saturated heterocycles. The van der Waals surface area contributed by atoms with Crippen molar-refractivity contribution in [3.8, 4) is 17.2 Å². The van der Waals surface area contributed by atoms with Crippen LogP contribution in [0.2, 0.25) is 0 Å². The number of hydrogen-bond acceptors (Lipinski definition) is 6. The Balaban J connectivity index is 1.62. The number of methoxy groups -OCH3 is 2. The van der Waals surface area contributed by atoms with E-state index in [2.05, 4.69) is 5.32 Å². The van der Waals surface area contributed by atoms with Gasteiger partial charge in [-0.3, -0.25) is 19.8 Å². The molecule has 0 aliphatic carbocycles. The Morgan fingerprint density at radius 1 is 0.912 bits per heavy atom. The molecule has 1 aliphatic heterocycles. The third-order valence-corrected chi connectivity index (χ3v) is 5.45. The van der Waals surface area contributed by atoms with Crippen LogP contribution < -0.4 is 24.4 Å². The van der Waals surface area contributed by atoms with Crippen molar-refractivity contribution in [3.63, 3.8) is 0 Å². The average Bonchev–Trinajstić information content (AvgIpc) is 2.86. The lowest BCUT2D eigenvalue weighted by Crippen LogP contribution is -2.54. The van der Waals surface area contributed by atoms with E-state index in [1.807, 2.05) is 30.3 Å². The lowest BCUT2D eigenvalue weighted by Gasteiger charge is -2.29. The molecular formula is C26H22N2O5S. The van der Waals surface area contributed by atoms with Gasteiger partial charge in [-0.15, -0.1) is 0 Å². The molecule has 3 aromatic rings. The lowest BCUT2D eigenvalue weighted by molar-refractivity contribution is -0.122. The zero-order valence-corrected chi connectivity index (χ0v) is 19.4. The van der Waals surface area contributed by atoms with E-state index in [4.69, 9.17) is 26.4 Å². The molecule has 0 atom stereocenters. The van der Waals surface area contributed by atoms with Crippen LogP contribution in [-0.2, 0) is 16.2 Å². The number of anilines is 1. The summed E-state index contributed by atoms with van der Waals surface area (Å²) in [6.45, 7) is 0.343. The molecule has 1 fully saturated rings. The first-order valence-electron chi connectivity index (χ1n) is 10.4. The molecule has 0 saturated carbocycles. The third-order valence-electron chi connectivity index (χ3n) is 5.17. The van der Waals surface area contributed by atoms with Crippen molar-refractivity contribution in [2.45, 2.75) is 6.61 Å². The number of nitrogens with one attached hydrogen (secondary N) is 1. The summed E-state index contributed by atoms with van der Waals surface area (Å²) in [4.78, 5) is 27.1. The van der Waals surface area contributed by atoms with Gasteiger partial charge in [0, 0.05) is 0 Å². The third kappa shape index (κ3) is 4.92. The Bertz CT molecular complexity index is 1260. The van der Waals surface area contributed by atoms with Crippen LogP contribution >= 0.6 is 12.2 Å². The number of thiocarbonyl (C=S) groups is 1. The first-order valence-corrected chi connectivity index (χ1v) is 10.8. The zero-order chi connectivity index (χ0) is 24.1. The first-order chi connectivity index (χ1) is 16.5. The number of carbonyl (C=O) groups is 2. The van der Waals surface area contributed by atoms with Crippen LogP contribution in [0.1, 0.15) is 11.1 Å². The Labute approximate surface area is 202 Å². The van der Waals surface area contributed by atoms with Crippen LogP contribution in [0.25, 0.3) is 6.08 Å². The van der Waals surface area contributed by atoms with Gasteiger partial charge in [0.25, 0.3) is 11.8 Å². The second kappa shape index (κ2) is 10.2. The number of benzene rings is 3. The molecule has 34 heavy (non-hydrogen) atoms. The maximum atomic E-state index is 13.2. The van der Waals surface area contributed by atoms with Crippen LogP contribution in [0.4, 0.5) is 5.69 Å². The number of nitrogens with zero attached hydrogens (tertiary/aromatic N) is 1. The van der Waals surface area contributed by atoms with E-state index in [0.717, 1.165) is 5.56 Å². The molecule has 172 valence electrons. The van der Waals surface area contributed by atoms with Gasteiger partial charge >= 0.3 is 0 Å². The van der Waals surface area contributed by atoms with Crippen molar-refractivity contribution in [1.82, 2.24) is 5.32 Å². The van der Waals surface area contributed by atoms with Crippen LogP contribution in [-0.4, -0.2) is 31.1 Å². The molecule has 3 aromatic carbocycles. The van der Waals surface area contributed by atoms with Gasteiger partial charge in [0.05, 0.1) is 19.9 Å². The molecule has 2 amide bonds. The summed E-state index contributed by atoms with van der Waals surface area (Å²) in [5.74, 6) is 0.578. The van der Waals surface area contributed by atoms with E-state index in [-0.39, 0.29) is 10.7 Å². The molecule has 4 rings (SSSR count). The van der Waals surface area contributed by atoms with Gasteiger partial charge in [0.15, 0.2) is 16.6 Å². The summed E-state index contributed by atoms with van der Waals surface area (Å²) in [5.41, 5.74) is 2.07. The number of ether oxygens (including phenoxy) is 3.